The Balaban J connectivity index is 0.000000206. The number of nitrogens with two attached hydrogens (primary N) is 1. The number of nitrogens with one attached hydrogen (secondary N) is 5. The number of halogens is 4. The van der Waals surface area contributed by atoms with E-state index in [1.165, 1.54) is 33.6 Å². The van der Waals surface area contributed by atoms with Crippen LogP contribution < -0.4 is 31.1 Å². The van der Waals surface area contributed by atoms with Crippen LogP contribution in [0.3, 0.4) is 0 Å². The Morgan fingerprint density at radius 3 is 1.31 bits per heavy atom. The summed E-state index contributed by atoms with van der Waals surface area (Å²) < 4.78 is 128. The first-order chi connectivity index (χ1) is 52.7. The van der Waals surface area contributed by atoms with Crippen molar-refractivity contribution in [2.45, 2.75) is 242 Å². The summed E-state index contributed by atoms with van der Waals surface area (Å²) in [4.78, 5) is 109. The topological polar surface area (TPSA) is 355 Å². The van der Waals surface area contributed by atoms with Crippen LogP contribution in [0.15, 0.2) is 97.1 Å². The van der Waals surface area contributed by atoms with Crippen LogP contribution in [-0.2, 0) is 91.8 Å². The van der Waals surface area contributed by atoms with Gasteiger partial charge in [-0.25, -0.2) is 48.8 Å². The van der Waals surface area contributed by atoms with Crippen LogP contribution in [0.25, 0.3) is 22.3 Å². The van der Waals surface area contributed by atoms with Gasteiger partial charge in [-0.3, -0.25) is 33.4 Å². The lowest BCUT2D eigenvalue weighted by molar-refractivity contribution is -0.150. The number of alkyl halides is 4. The number of hydrogen-bond donors (Lipinski definition) is 7. The van der Waals surface area contributed by atoms with Crippen molar-refractivity contribution in [1.29, 1.82) is 0 Å². The standard InChI is InChI=1S/C41H54F2N4O8S.C33H44N2O6.C8H12F2N2O3S/c1-38(2,3)32-35(49)47-23-40(54-6,22-31(47)34(48)45-41(21-30(41)33(42)43)36(50)46-56(52,53)28-18-19-28)27-16-14-26(15-17-27)29-13-8-7-11-25(29)12-9-10-20-39(4,5)24-55-37(51)44-32;1-31(2,3)27-28(36)35-20-33(40-6,19-26(35)29(37)38)24-16-14-23(15-17-24)25-13-8-7-11-22(25)12-9-10-18-32(4,5)21-41-30(39)34-27;9-6(10)5-3-8(5,11)7(13)12-16(14,15)4-1-2-4/h7-8,11,13-17,28,30-33H,9-10,12,18-24H2,1-6H3,(H,44,51)(H,45,48)(H,46,50);7-8,11,13-17,26-27H,9-10,12,18-21H2,1-6H3,(H,34,39)(H,37,38);4-6H,1-3,11H2,(H,12,13)/t30-,31-,32+,40-,41+;26-,27+,33-;5-,8+/m000/s1. The molecule has 0 aromatic heterocycles. The number of ether oxygens (including phenoxy) is 4. The Labute approximate surface area is 659 Å². The first kappa shape index (κ1) is 87.1. The monoisotopic (exact) mass is 1620 g/mol. The van der Waals surface area contributed by atoms with Gasteiger partial charge in [-0.15, -0.1) is 0 Å². The van der Waals surface area contributed by atoms with Crippen LogP contribution in [-0.4, -0.2) is 179 Å². The van der Waals surface area contributed by atoms with Crippen molar-refractivity contribution in [3.05, 3.63) is 119 Å². The molecule has 10 aliphatic rings. The quantitative estimate of drug-likeness (QED) is 0.0611. The molecule has 0 radical (unpaired) electrons. The van der Waals surface area contributed by atoms with E-state index in [2.05, 4.69) is 60.1 Å². The third kappa shape index (κ3) is 20.2. The fourth-order valence-corrected chi connectivity index (χ4v) is 18.4. The van der Waals surface area contributed by atoms with Gasteiger partial charge in [-0.2, -0.15) is 0 Å². The van der Waals surface area contributed by atoms with Crippen molar-refractivity contribution in [1.82, 2.24) is 35.2 Å². The van der Waals surface area contributed by atoms with Crippen molar-refractivity contribution >= 4 is 67.7 Å². The summed E-state index contributed by atoms with van der Waals surface area (Å²) in [7, 11) is -4.83. The van der Waals surface area contributed by atoms with E-state index >= 15 is 0 Å². The minimum Gasteiger partial charge on any atom is -0.480 e. The van der Waals surface area contributed by atoms with Gasteiger partial charge in [0.1, 0.15) is 46.4 Å². The molecule has 2 saturated heterocycles. The lowest BCUT2D eigenvalue weighted by Gasteiger charge is -2.36. The highest BCUT2D eigenvalue weighted by atomic mass is 32.2. The third-order valence-electron chi connectivity index (χ3n) is 23.4. The highest BCUT2D eigenvalue weighted by molar-refractivity contribution is 7.91. The molecule has 4 aliphatic carbocycles. The third-order valence-corrected chi connectivity index (χ3v) is 27.0. The number of rotatable bonds is 13. The average molecular weight is 1620 g/mol. The van der Waals surface area contributed by atoms with Crippen LogP contribution >= 0.6 is 0 Å². The molecule has 0 spiro atoms. The number of hydrogen-bond acceptors (Lipinski definition) is 17. The minimum atomic E-state index is -4.13. The molecule has 7 amide bonds. The lowest BCUT2D eigenvalue weighted by atomic mass is 9.85. The second-order valence-electron chi connectivity index (χ2n) is 35.5. The van der Waals surface area contributed by atoms with Gasteiger partial charge >= 0.3 is 18.2 Å². The highest BCUT2D eigenvalue weighted by Gasteiger charge is 2.68. The summed E-state index contributed by atoms with van der Waals surface area (Å²) in [5, 5.41) is 16.8. The number of amides is 7. The van der Waals surface area contributed by atoms with Gasteiger partial charge < -0.3 is 55.5 Å². The number of methoxy groups -OCH3 is 2. The number of nitrogens with zero attached hydrogens (tertiary/aromatic N) is 2. The highest BCUT2D eigenvalue weighted by Crippen LogP contribution is 2.51. The number of carboxylic acid groups (broad SMARTS) is 1. The Morgan fingerprint density at radius 1 is 0.558 bits per heavy atom. The second kappa shape index (κ2) is 33.5. The SMILES string of the molecule is CO[C@@]12C[C@@H](C(=O)N[C@]3(C(=O)NS(=O)(=O)C4CC4)C[C@H]3C(F)F)N(C1)C(=O)[C@H](C(C)(C)C)NC(=O)OCC(C)(C)CCCCc1ccccc1-c1ccc2cc1.CO[C@@]12C[C@@H](C(=O)O)N(C1)C(=O)[C@H](C(C)(C)C)NC(=O)OCC(C)(C)CCCCc1ccccc1-c1ccc2cc1.N[C@]1(C(=O)NS(=O)(=O)C2CC2)C[C@H]1C(F)F. The van der Waals surface area contributed by atoms with Crippen molar-refractivity contribution in [2.24, 2.45) is 39.2 Å². The van der Waals surface area contributed by atoms with Crippen LogP contribution in [0, 0.1) is 33.5 Å². The number of benzene rings is 4. The van der Waals surface area contributed by atoms with Gasteiger partial charge in [0.15, 0.2) is 0 Å². The summed E-state index contributed by atoms with van der Waals surface area (Å²) in [6.45, 7) is 19.1. The van der Waals surface area contributed by atoms with Crippen molar-refractivity contribution in [3.8, 4) is 22.3 Å². The smallest absolute Gasteiger partial charge is 0.407 e. The molecular weight excluding hydrogens is 1510 g/mol. The van der Waals surface area contributed by atoms with E-state index < -0.39 is 167 Å². The minimum absolute atomic E-state index is 0.0472. The lowest BCUT2D eigenvalue weighted by Crippen LogP contribution is -2.60. The largest absolute Gasteiger partial charge is 0.480 e. The Morgan fingerprint density at radius 2 is 0.947 bits per heavy atom. The predicted octanol–water partition coefficient (Wildman–Crippen LogP) is 10.8. The zero-order valence-corrected chi connectivity index (χ0v) is 68.1. The summed E-state index contributed by atoms with van der Waals surface area (Å²) >= 11 is 0. The molecule has 4 aromatic rings. The maximum absolute atomic E-state index is 14.8. The number of sulfonamides is 2. The fourth-order valence-electron chi connectivity index (χ4n) is 15.6. The Bertz CT molecular complexity index is 4440. The van der Waals surface area contributed by atoms with Crippen molar-refractivity contribution < 1.29 is 96.8 Å². The molecule has 10 atom stereocenters. The zero-order valence-electron chi connectivity index (χ0n) is 66.4. The Kier molecular flexibility index (Phi) is 25.8. The maximum atomic E-state index is 14.8. The molecule has 113 heavy (non-hydrogen) atoms. The molecule has 31 heteroatoms. The second-order valence-corrected chi connectivity index (χ2v) is 39.4. The summed E-state index contributed by atoms with van der Waals surface area (Å²) in [5.41, 5.74) is 5.18. The molecule has 4 aromatic carbocycles. The number of carboxylic acids is 1. The fraction of sp³-hybridized carbons (Fsp3) is 0.610. The van der Waals surface area contributed by atoms with Crippen LogP contribution in [0.5, 0.6) is 0 Å². The summed E-state index contributed by atoms with van der Waals surface area (Å²) in [5.74, 6) is -8.29. The molecule has 8 bridgehead atoms. The molecular formula is C82H110F4N8O17S2. The number of aliphatic carboxylic acids is 1. The van der Waals surface area contributed by atoms with E-state index in [4.69, 9.17) is 24.7 Å². The normalized spacial score (nSPS) is 28.2. The Hall–Kier alpha value is -8.26. The van der Waals surface area contributed by atoms with Crippen LogP contribution in [0.2, 0.25) is 0 Å². The van der Waals surface area contributed by atoms with Gasteiger partial charge in [-0.1, -0.05) is 179 Å². The van der Waals surface area contributed by atoms with E-state index in [9.17, 15) is 77.9 Å². The van der Waals surface area contributed by atoms with E-state index in [1.807, 2.05) is 106 Å². The predicted molar refractivity (Wildman–Crippen MR) is 413 cm³/mol. The van der Waals surface area contributed by atoms with Gasteiger partial charge in [0.2, 0.25) is 50.6 Å². The number of carbonyl (C=O) groups excluding carboxylic acids is 7. The molecule has 4 saturated carbocycles. The first-order valence-electron chi connectivity index (χ1n) is 38.7. The van der Waals surface area contributed by atoms with E-state index in [1.54, 1.807) is 32.6 Å². The maximum Gasteiger partial charge on any atom is 0.407 e. The van der Waals surface area contributed by atoms with E-state index in [0.717, 1.165) is 73.6 Å². The number of alkyl carbamates (subject to hydrolysis) is 2. The van der Waals surface area contributed by atoms with E-state index in [-0.39, 0.29) is 56.4 Å². The number of aryl methyl sites for hydroxylation is 2. The van der Waals surface area contributed by atoms with Gasteiger partial charge in [0.05, 0.1) is 42.7 Å². The first-order valence-corrected chi connectivity index (χ1v) is 41.8. The van der Waals surface area contributed by atoms with Crippen LogP contribution in [0.4, 0.5) is 27.2 Å². The average Bonchev–Trinajstić information content (AvgIpc) is 1.55. The van der Waals surface area contributed by atoms with Crippen LogP contribution in [0.1, 0.15) is 181 Å². The number of carbonyl (C=O) groups is 8. The van der Waals surface area contributed by atoms with E-state index in [0.29, 0.717) is 31.2 Å². The molecule has 6 aliphatic heterocycles. The van der Waals surface area contributed by atoms with Gasteiger partial charge in [0, 0.05) is 33.0 Å². The summed E-state index contributed by atoms with van der Waals surface area (Å²) in [6.07, 6.45) is 0.997. The summed E-state index contributed by atoms with van der Waals surface area (Å²) in [6, 6.07) is 27.6. The van der Waals surface area contributed by atoms with Crippen molar-refractivity contribution in [3.63, 3.8) is 0 Å². The molecule has 6 fully saturated rings. The molecule has 14 rings (SSSR count). The molecule has 620 valence electrons. The molecule has 6 heterocycles. The van der Waals surface area contributed by atoms with Gasteiger partial charge in [-0.05, 0) is 143 Å². The zero-order chi connectivity index (χ0) is 83.0. The van der Waals surface area contributed by atoms with Gasteiger partial charge in [0.25, 0.3) is 11.8 Å². The molecule has 8 N–H and O–H groups in total. The molecule has 0 unspecified atom stereocenters. The van der Waals surface area contributed by atoms with Crippen molar-refractivity contribution in [2.75, 3.05) is 40.5 Å². The number of fused-ring (bicyclic) bond motifs is 24. The molecule has 25 nitrogen and oxygen atoms in total.